The largest absolute Gasteiger partial charge is 0.506 e. The van der Waals surface area contributed by atoms with E-state index in [1.165, 1.54) is 6.07 Å². The molecule has 4 rings (SSSR count). The second kappa shape index (κ2) is 5.88. The molecule has 0 amide bonds. The van der Waals surface area contributed by atoms with E-state index in [4.69, 9.17) is 21.1 Å². The number of rotatable bonds is 1. The second-order valence-electron chi connectivity index (χ2n) is 6.56. The number of fused-ring (bicyclic) bond motifs is 3. The van der Waals surface area contributed by atoms with Crippen LogP contribution in [0.15, 0.2) is 41.7 Å². The number of carbonyl (C=O) groups is 2. The lowest BCUT2D eigenvalue weighted by atomic mass is 9.84. The van der Waals surface area contributed by atoms with Gasteiger partial charge in [0.25, 0.3) is 0 Å². The number of carbonyl (C=O) groups excluding carboxylic acids is 2. The highest BCUT2D eigenvalue weighted by molar-refractivity contribution is 6.32. The van der Waals surface area contributed by atoms with E-state index < -0.39 is 0 Å². The summed E-state index contributed by atoms with van der Waals surface area (Å²) in [5, 5.41) is 9.87. The van der Waals surface area contributed by atoms with Gasteiger partial charge in [-0.05, 0) is 49.2 Å². The Hall–Kier alpha value is -2.79. The molecule has 0 fully saturated rings. The SMILES string of the molecule is CC(C)=C1Oc2c(ccc3c2[C@H](c2ccc(O)c(Cl)c2)CC(=O)O3)C1=O. The van der Waals surface area contributed by atoms with E-state index in [0.29, 0.717) is 28.4 Å². The maximum absolute atomic E-state index is 12.6. The summed E-state index contributed by atoms with van der Waals surface area (Å²) in [5.41, 5.74) is 2.61. The van der Waals surface area contributed by atoms with Gasteiger partial charge < -0.3 is 14.6 Å². The zero-order valence-electron chi connectivity index (χ0n) is 14.1. The number of hydrogen-bond acceptors (Lipinski definition) is 5. The predicted octanol–water partition coefficient (Wildman–Crippen LogP) is 4.36. The van der Waals surface area contributed by atoms with E-state index in [0.717, 1.165) is 11.1 Å². The van der Waals surface area contributed by atoms with Crippen molar-refractivity contribution in [2.75, 3.05) is 0 Å². The van der Waals surface area contributed by atoms with Crippen LogP contribution in [0.1, 0.15) is 47.7 Å². The van der Waals surface area contributed by atoms with Crippen molar-refractivity contribution in [2.24, 2.45) is 0 Å². The van der Waals surface area contributed by atoms with Crippen LogP contribution in [0.4, 0.5) is 0 Å². The van der Waals surface area contributed by atoms with Gasteiger partial charge >= 0.3 is 5.97 Å². The molecule has 0 radical (unpaired) electrons. The van der Waals surface area contributed by atoms with Gasteiger partial charge in [0, 0.05) is 11.5 Å². The number of aromatic hydroxyl groups is 1. The van der Waals surface area contributed by atoms with Gasteiger partial charge in [0.15, 0.2) is 5.76 Å². The molecule has 2 aliphatic heterocycles. The highest BCUT2D eigenvalue weighted by atomic mass is 35.5. The van der Waals surface area contributed by atoms with E-state index in [1.54, 1.807) is 24.3 Å². The fourth-order valence-corrected chi connectivity index (χ4v) is 3.54. The maximum atomic E-state index is 12.6. The Balaban J connectivity index is 1.92. The zero-order chi connectivity index (χ0) is 18.6. The molecule has 2 heterocycles. The lowest BCUT2D eigenvalue weighted by Crippen LogP contribution is -2.21. The Kier molecular flexibility index (Phi) is 3.77. The van der Waals surface area contributed by atoms with Crippen molar-refractivity contribution in [2.45, 2.75) is 26.2 Å². The van der Waals surface area contributed by atoms with E-state index in [9.17, 15) is 14.7 Å². The summed E-state index contributed by atoms with van der Waals surface area (Å²) in [6.45, 7) is 3.62. The third-order valence-electron chi connectivity index (χ3n) is 4.58. The molecule has 0 unspecified atom stereocenters. The topological polar surface area (TPSA) is 72.8 Å². The van der Waals surface area contributed by atoms with Crippen molar-refractivity contribution < 1.29 is 24.2 Å². The Morgan fingerprint density at radius 1 is 1.15 bits per heavy atom. The average Bonchev–Trinajstić information content (AvgIpc) is 2.93. The summed E-state index contributed by atoms with van der Waals surface area (Å²) in [7, 11) is 0. The van der Waals surface area contributed by atoms with Crippen LogP contribution < -0.4 is 9.47 Å². The zero-order valence-corrected chi connectivity index (χ0v) is 14.9. The Bertz CT molecular complexity index is 1000. The quantitative estimate of drug-likeness (QED) is 0.459. The number of Topliss-reactive ketones (excluding diaryl/α,β-unsaturated/α-hetero) is 1. The van der Waals surface area contributed by atoms with Gasteiger partial charge in [-0.15, -0.1) is 0 Å². The van der Waals surface area contributed by atoms with Crippen molar-refractivity contribution in [1.82, 2.24) is 0 Å². The number of phenols is 1. The Morgan fingerprint density at radius 2 is 1.92 bits per heavy atom. The summed E-state index contributed by atoms with van der Waals surface area (Å²) < 4.78 is 11.2. The van der Waals surface area contributed by atoms with Crippen molar-refractivity contribution >= 4 is 23.4 Å². The Morgan fingerprint density at radius 3 is 2.62 bits per heavy atom. The molecule has 0 bridgehead atoms. The van der Waals surface area contributed by atoms with Crippen molar-refractivity contribution in [3.63, 3.8) is 0 Å². The van der Waals surface area contributed by atoms with Gasteiger partial charge in [-0.2, -0.15) is 0 Å². The van der Waals surface area contributed by atoms with Crippen LogP contribution in [0.3, 0.4) is 0 Å². The van der Waals surface area contributed by atoms with Crippen molar-refractivity contribution in [1.29, 1.82) is 0 Å². The number of esters is 1. The number of phenolic OH excluding ortho intramolecular Hbond substituents is 1. The molecule has 0 aromatic heterocycles. The molecule has 2 aromatic rings. The smallest absolute Gasteiger partial charge is 0.312 e. The van der Waals surface area contributed by atoms with Gasteiger partial charge in [0.05, 0.1) is 17.0 Å². The van der Waals surface area contributed by atoms with Gasteiger partial charge in [-0.25, -0.2) is 0 Å². The Labute approximate surface area is 154 Å². The summed E-state index contributed by atoms with van der Waals surface area (Å²) in [6, 6.07) is 8.03. The first-order valence-corrected chi connectivity index (χ1v) is 8.50. The molecule has 1 N–H and O–H groups in total. The third kappa shape index (κ3) is 2.47. The lowest BCUT2D eigenvalue weighted by molar-refractivity contribution is -0.135. The molecule has 2 aliphatic rings. The van der Waals surface area contributed by atoms with Gasteiger partial charge in [-0.3, -0.25) is 9.59 Å². The number of hydrogen-bond donors (Lipinski definition) is 1. The number of benzene rings is 2. The molecular formula is C20H15ClO5. The third-order valence-corrected chi connectivity index (χ3v) is 4.89. The molecule has 2 aromatic carbocycles. The van der Waals surface area contributed by atoms with E-state index in [2.05, 4.69) is 0 Å². The first-order valence-electron chi connectivity index (χ1n) is 8.13. The molecule has 0 saturated carbocycles. The predicted molar refractivity (Wildman–Crippen MR) is 95.0 cm³/mol. The minimum absolute atomic E-state index is 0.0365. The highest BCUT2D eigenvalue weighted by Gasteiger charge is 2.38. The fourth-order valence-electron chi connectivity index (χ4n) is 3.35. The molecule has 5 nitrogen and oxygen atoms in total. The van der Waals surface area contributed by atoms with E-state index in [-0.39, 0.29) is 34.9 Å². The monoisotopic (exact) mass is 370 g/mol. The van der Waals surface area contributed by atoms with Crippen LogP contribution >= 0.6 is 11.6 Å². The second-order valence-corrected chi connectivity index (χ2v) is 6.96. The molecular weight excluding hydrogens is 356 g/mol. The lowest BCUT2D eigenvalue weighted by Gasteiger charge is -2.26. The standard InChI is InChI=1S/C20H15ClO5/c1-9(2)19-18(24)11-4-6-15-17(20(11)26-19)12(8-16(23)25-15)10-3-5-14(22)13(21)7-10/h3-7,12,22H,8H2,1-2H3/t12-/m0/s1. The van der Waals surface area contributed by atoms with Crippen LogP contribution in [-0.2, 0) is 4.79 Å². The van der Waals surface area contributed by atoms with E-state index >= 15 is 0 Å². The molecule has 0 aliphatic carbocycles. The van der Waals surface area contributed by atoms with Gasteiger partial charge in [0.1, 0.15) is 17.2 Å². The van der Waals surface area contributed by atoms with E-state index in [1.807, 2.05) is 13.8 Å². The minimum Gasteiger partial charge on any atom is -0.506 e. The summed E-state index contributed by atoms with van der Waals surface area (Å²) in [6.07, 6.45) is 0.0895. The van der Waals surface area contributed by atoms with Crippen LogP contribution in [0, 0.1) is 0 Å². The summed E-state index contributed by atoms with van der Waals surface area (Å²) in [4.78, 5) is 24.7. The summed E-state index contributed by atoms with van der Waals surface area (Å²) >= 11 is 6.04. The molecule has 132 valence electrons. The van der Waals surface area contributed by atoms with Crippen molar-refractivity contribution in [3.05, 3.63) is 63.4 Å². The fraction of sp³-hybridized carbons (Fsp3) is 0.200. The van der Waals surface area contributed by atoms with Crippen LogP contribution in [0.25, 0.3) is 0 Å². The molecule has 6 heteroatoms. The molecule has 0 spiro atoms. The summed E-state index contributed by atoms with van der Waals surface area (Å²) in [5.74, 6) is 0.116. The number of halogens is 1. The first-order chi connectivity index (χ1) is 12.4. The first kappa shape index (κ1) is 16.7. The molecule has 26 heavy (non-hydrogen) atoms. The van der Waals surface area contributed by atoms with Crippen LogP contribution in [-0.4, -0.2) is 16.9 Å². The van der Waals surface area contributed by atoms with Crippen LogP contribution in [0.5, 0.6) is 17.2 Å². The highest BCUT2D eigenvalue weighted by Crippen LogP contribution is 2.49. The minimum atomic E-state index is -0.386. The molecule has 1 atom stereocenters. The number of ketones is 1. The van der Waals surface area contributed by atoms with Gasteiger partial charge in [-0.1, -0.05) is 17.7 Å². The number of ether oxygens (including phenoxy) is 2. The maximum Gasteiger partial charge on any atom is 0.312 e. The number of allylic oxidation sites excluding steroid dienone is 2. The van der Waals surface area contributed by atoms with Crippen molar-refractivity contribution in [3.8, 4) is 17.2 Å². The molecule has 0 saturated heterocycles. The average molecular weight is 371 g/mol. The normalized spacial score (nSPS) is 18.1. The van der Waals surface area contributed by atoms with Gasteiger partial charge in [0.2, 0.25) is 5.78 Å². The van der Waals surface area contributed by atoms with Crippen LogP contribution in [0.2, 0.25) is 5.02 Å².